The zero-order valence-electron chi connectivity index (χ0n) is 9.98. The number of benzene rings is 2. The molecule has 0 aliphatic heterocycles. The minimum Gasteiger partial charge on any atom is -0.449 e. The normalized spacial score (nSPS) is 10.3. The van der Waals surface area contributed by atoms with Gasteiger partial charge in [-0.3, -0.25) is 10.1 Å². The lowest BCUT2D eigenvalue weighted by atomic mass is 10.2. The number of nitro benzene ring substituents is 1. The number of halogens is 3. The van der Waals surface area contributed by atoms with Gasteiger partial charge in [-0.1, -0.05) is 44.0 Å². The van der Waals surface area contributed by atoms with Crippen LogP contribution in [0.5, 0.6) is 11.5 Å². The molecular formula is C13H8Br3NO3. The molecule has 2 aromatic carbocycles. The molecule has 0 aliphatic rings. The molecule has 0 N–H and O–H groups in total. The van der Waals surface area contributed by atoms with Gasteiger partial charge in [0.2, 0.25) is 5.75 Å². The van der Waals surface area contributed by atoms with E-state index in [1.807, 2.05) is 6.07 Å². The summed E-state index contributed by atoms with van der Waals surface area (Å²) in [6.07, 6.45) is 0. The van der Waals surface area contributed by atoms with Gasteiger partial charge >= 0.3 is 5.69 Å². The average Bonchev–Trinajstić information content (AvgIpc) is 2.41. The van der Waals surface area contributed by atoms with E-state index in [0.717, 1.165) is 10.0 Å². The monoisotopic (exact) mass is 463 g/mol. The second kappa shape index (κ2) is 6.69. The third-order valence-electron chi connectivity index (χ3n) is 2.53. The summed E-state index contributed by atoms with van der Waals surface area (Å²) in [5, 5.41) is 11.7. The summed E-state index contributed by atoms with van der Waals surface area (Å²) in [4.78, 5) is 10.6. The minimum atomic E-state index is -0.470. The Labute approximate surface area is 140 Å². The number of alkyl halides is 1. The lowest BCUT2D eigenvalue weighted by Gasteiger charge is -2.09. The lowest BCUT2D eigenvalue weighted by Crippen LogP contribution is -1.94. The molecule has 104 valence electrons. The van der Waals surface area contributed by atoms with E-state index in [0.29, 0.717) is 15.6 Å². The van der Waals surface area contributed by atoms with E-state index >= 15 is 0 Å². The Hall–Kier alpha value is -0.920. The van der Waals surface area contributed by atoms with E-state index in [1.54, 1.807) is 24.3 Å². The molecule has 4 nitrogen and oxygen atoms in total. The molecule has 0 spiro atoms. The Bertz CT molecular complexity index is 661. The Morgan fingerprint density at radius 3 is 2.50 bits per heavy atom. The highest BCUT2D eigenvalue weighted by molar-refractivity contribution is 9.11. The molecule has 0 bridgehead atoms. The summed E-state index contributed by atoms with van der Waals surface area (Å²) in [7, 11) is 0. The topological polar surface area (TPSA) is 52.4 Å². The van der Waals surface area contributed by atoms with Crippen molar-refractivity contribution in [3.8, 4) is 11.5 Å². The van der Waals surface area contributed by atoms with Crippen LogP contribution in [0.4, 0.5) is 5.69 Å². The fraction of sp³-hybridized carbons (Fsp3) is 0.0769. The molecule has 2 aromatic rings. The summed E-state index contributed by atoms with van der Waals surface area (Å²) in [5.74, 6) is 0.715. The number of hydrogen-bond acceptors (Lipinski definition) is 3. The van der Waals surface area contributed by atoms with Crippen molar-refractivity contribution in [3.63, 3.8) is 0 Å². The molecule has 0 fully saturated rings. The molecule has 0 heterocycles. The number of ether oxygens (including phenoxy) is 1. The third-order valence-corrected chi connectivity index (χ3v) is 4.50. The summed E-state index contributed by atoms with van der Waals surface area (Å²) in [5.41, 5.74) is 0.985. The van der Waals surface area contributed by atoms with Gasteiger partial charge in [0.15, 0.2) is 0 Å². The van der Waals surface area contributed by atoms with Crippen LogP contribution in [0.2, 0.25) is 0 Å². The first-order valence-electron chi connectivity index (χ1n) is 5.48. The second-order valence-electron chi connectivity index (χ2n) is 3.83. The fourth-order valence-electron chi connectivity index (χ4n) is 1.56. The first-order valence-corrected chi connectivity index (χ1v) is 8.19. The predicted octanol–water partition coefficient (Wildman–Crippen LogP) is 5.81. The van der Waals surface area contributed by atoms with Gasteiger partial charge < -0.3 is 4.74 Å². The van der Waals surface area contributed by atoms with Crippen LogP contribution in [0.15, 0.2) is 45.3 Å². The predicted molar refractivity (Wildman–Crippen MR) is 87.6 cm³/mol. The zero-order chi connectivity index (χ0) is 14.7. The van der Waals surface area contributed by atoms with Crippen molar-refractivity contribution in [2.45, 2.75) is 5.33 Å². The molecule has 0 aliphatic carbocycles. The van der Waals surface area contributed by atoms with Gasteiger partial charge in [0.05, 0.1) is 9.40 Å². The maximum atomic E-state index is 11.0. The first kappa shape index (κ1) is 15.5. The largest absolute Gasteiger partial charge is 0.449 e. The van der Waals surface area contributed by atoms with Gasteiger partial charge in [-0.15, -0.1) is 0 Å². The van der Waals surface area contributed by atoms with Crippen molar-refractivity contribution < 1.29 is 9.66 Å². The fourth-order valence-corrected chi connectivity index (χ4v) is 3.36. The molecule has 0 unspecified atom stereocenters. The van der Waals surface area contributed by atoms with E-state index < -0.39 is 4.92 Å². The quantitative estimate of drug-likeness (QED) is 0.325. The van der Waals surface area contributed by atoms with E-state index in [9.17, 15) is 10.1 Å². The highest BCUT2D eigenvalue weighted by atomic mass is 79.9. The summed E-state index contributed by atoms with van der Waals surface area (Å²) in [6.45, 7) is 0. The van der Waals surface area contributed by atoms with Crippen LogP contribution in [0.1, 0.15) is 5.56 Å². The van der Waals surface area contributed by atoms with Gasteiger partial charge in [0.25, 0.3) is 0 Å². The molecule has 0 aromatic heterocycles. The van der Waals surface area contributed by atoms with Crippen LogP contribution in [0, 0.1) is 10.1 Å². The van der Waals surface area contributed by atoms with E-state index in [4.69, 9.17) is 4.74 Å². The van der Waals surface area contributed by atoms with Crippen molar-refractivity contribution in [1.82, 2.24) is 0 Å². The highest BCUT2D eigenvalue weighted by Crippen LogP contribution is 2.38. The number of nitrogens with zero attached hydrogens (tertiary/aromatic N) is 1. The minimum absolute atomic E-state index is 0.0833. The summed E-state index contributed by atoms with van der Waals surface area (Å²) in [6, 6.07) is 10.1. The van der Waals surface area contributed by atoms with Crippen molar-refractivity contribution in [1.29, 1.82) is 0 Å². The van der Waals surface area contributed by atoms with Crippen molar-refractivity contribution >= 4 is 53.5 Å². The Kier molecular flexibility index (Phi) is 5.17. The van der Waals surface area contributed by atoms with Crippen molar-refractivity contribution in [3.05, 3.63) is 61.0 Å². The van der Waals surface area contributed by atoms with Crippen LogP contribution in [-0.2, 0) is 5.33 Å². The van der Waals surface area contributed by atoms with Crippen molar-refractivity contribution in [2.75, 3.05) is 0 Å². The van der Waals surface area contributed by atoms with Crippen LogP contribution < -0.4 is 4.74 Å². The van der Waals surface area contributed by atoms with E-state index in [1.165, 1.54) is 6.07 Å². The van der Waals surface area contributed by atoms with Gasteiger partial charge in [-0.25, -0.2) is 0 Å². The van der Waals surface area contributed by atoms with Crippen molar-refractivity contribution in [2.24, 2.45) is 0 Å². The highest BCUT2D eigenvalue weighted by Gasteiger charge is 2.18. The Morgan fingerprint density at radius 1 is 1.15 bits per heavy atom. The molecule has 0 amide bonds. The van der Waals surface area contributed by atoms with E-state index in [-0.39, 0.29) is 11.4 Å². The molecular weight excluding hydrogens is 458 g/mol. The molecule has 0 saturated carbocycles. The van der Waals surface area contributed by atoms with Crippen LogP contribution in [-0.4, -0.2) is 4.92 Å². The van der Waals surface area contributed by atoms with Gasteiger partial charge in [-0.2, -0.15) is 0 Å². The molecule has 2 rings (SSSR count). The maximum absolute atomic E-state index is 11.0. The number of rotatable bonds is 4. The van der Waals surface area contributed by atoms with Gasteiger partial charge in [0.1, 0.15) is 5.75 Å². The van der Waals surface area contributed by atoms with Crippen LogP contribution in [0.25, 0.3) is 0 Å². The summed E-state index contributed by atoms with van der Waals surface area (Å²) < 4.78 is 7.06. The smallest absolute Gasteiger partial charge is 0.312 e. The standard InChI is InChI=1S/C13H8Br3NO3/c14-7-8-4-5-9(6-11(8)16)20-13-10(15)2-1-3-12(13)17(18)19/h1-6H,7H2. The Balaban J connectivity index is 2.39. The average molecular weight is 466 g/mol. The van der Waals surface area contributed by atoms with Gasteiger partial charge in [0, 0.05) is 15.9 Å². The zero-order valence-corrected chi connectivity index (χ0v) is 14.7. The van der Waals surface area contributed by atoms with Crippen LogP contribution in [0.3, 0.4) is 0 Å². The molecule has 0 atom stereocenters. The summed E-state index contributed by atoms with van der Waals surface area (Å²) >= 11 is 10.1. The third kappa shape index (κ3) is 3.39. The second-order valence-corrected chi connectivity index (χ2v) is 6.10. The van der Waals surface area contributed by atoms with Gasteiger partial charge in [-0.05, 0) is 39.7 Å². The first-order chi connectivity index (χ1) is 9.52. The molecule has 0 saturated heterocycles. The van der Waals surface area contributed by atoms with Crippen LogP contribution >= 0.6 is 47.8 Å². The lowest BCUT2D eigenvalue weighted by molar-refractivity contribution is -0.385. The number of para-hydroxylation sites is 1. The molecule has 7 heteroatoms. The maximum Gasteiger partial charge on any atom is 0.312 e. The molecule has 20 heavy (non-hydrogen) atoms. The number of nitro groups is 1. The SMILES string of the molecule is O=[N+]([O-])c1cccc(Br)c1Oc1ccc(CBr)c(Br)c1. The van der Waals surface area contributed by atoms with E-state index in [2.05, 4.69) is 47.8 Å². The molecule has 0 radical (unpaired) electrons. The number of hydrogen-bond donors (Lipinski definition) is 0. The Morgan fingerprint density at radius 2 is 1.90 bits per heavy atom.